The van der Waals surface area contributed by atoms with Crippen molar-refractivity contribution in [2.75, 3.05) is 6.61 Å². The van der Waals surface area contributed by atoms with Crippen LogP contribution in [0.4, 0.5) is 0 Å². The molecule has 1 rings (SSSR count). The first-order valence-corrected chi connectivity index (χ1v) is 25.9. The Hall–Kier alpha value is -1.07. The van der Waals surface area contributed by atoms with Gasteiger partial charge in [-0.3, -0.25) is 4.79 Å². The maximum absolute atomic E-state index is 13.1. The van der Waals surface area contributed by atoms with E-state index in [2.05, 4.69) is 19.2 Å². The van der Waals surface area contributed by atoms with E-state index < -0.39 is 55.4 Å². The van der Waals surface area contributed by atoms with E-state index in [0.717, 1.165) is 38.5 Å². The van der Waals surface area contributed by atoms with Gasteiger partial charge in [0.15, 0.2) is 0 Å². The smallest absolute Gasteiger partial charge is 0.220 e. The Morgan fingerprint density at radius 1 is 0.517 bits per heavy atom. The minimum atomic E-state index is -1.53. The normalized spacial score (nSPS) is 21.1. The van der Waals surface area contributed by atoms with Crippen molar-refractivity contribution in [1.29, 1.82) is 0 Å². The van der Waals surface area contributed by atoms with Crippen LogP contribution in [0.3, 0.4) is 0 Å². The molecule has 1 aliphatic heterocycles. The third kappa shape index (κ3) is 30.1. The largest absolute Gasteiger partial charge is 0.394 e. The molecule has 0 saturated carbocycles. The Balaban J connectivity index is 2.29. The van der Waals surface area contributed by atoms with Crippen LogP contribution in [0.25, 0.3) is 0 Å². The van der Waals surface area contributed by atoms with Crippen LogP contribution in [0.2, 0.25) is 0 Å². The number of carbonyl (C=O) groups is 1. The number of rotatable bonds is 43. The summed E-state index contributed by atoms with van der Waals surface area (Å²) in [4.78, 5) is 13.1. The molecule has 1 heterocycles. The summed E-state index contributed by atoms with van der Waals surface area (Å²) < 4.78 is 5.60. The second-order valence-electron chi connectivity index (χ2n) is 18.5. The highest BCUT2D eigenvalue weighted by atomic mass is 16.5. The van der Waals surface area contributed by atoms with Gasteiger partial charge in [0.25, 0.3) is 0 Å². The minimum Gasteiger partial charge on any atom is -0.394 e. The average Bonchev–Trinajstić information content (AvgIpc) is 3.25. The number of aliphatic hydroxyl groups is 6. The van der Waals surface area contributed by atoms with Crippen LogP contribution in [0.5, 0.6) is 0 Å². The Labute approximate surface area is 369 Å². The van der Waals surface area contributed by atoms with Crippen LogP contribution in [-0.4, -0.2) is 91.9 Å². The molecule has 0 radical (unpaired) electrons. The summed E-state index contributed by atoms with van der Waals surface area (Å²) in [7, 11) is 0. The molecule has 0 aromatic heterocycles. The van der Waals surface area contributed by atoms with Gasteiger partial charge in [-0.2, -0.15) is 0 Å². The van der Waals surface area contributed by atoms with Gasteiger partial charge in [0.2, 0.25) is 5.91 Å². The second kappa shape index (κ2) is 40.7. The van der Waals surface area contributed by atoms with Crippen molar-refractivity contribution in [2.24, 2.45) is 0 Å². The van der Waals surface area contributed by atoms with E-state index in [-0.39, 0.29) is 5.91 Å². The molecular formula is C51H99NO8. The van der Waals surface area contributed by atoms with Crippen LogP contribution in [0.15, 0.2) is 12.2 Å². The van der Waals surface area contributed by atoms with E-state index in [1.807, 2.05) is 0 Å². The fraction of sp³-hybridized carbons (Fsp3) is 0.941. The molecule has 0 aromatic carbocycles. The monoisotopic (exact) mass is 854 g/mol. The summed E-state index contributed by atoms with van der Waals surface area (Å²) >= 11 is 0. The van der Waals surface area contributed by atoms with Gasteiger partial charge in [0.05, 0.1) is 18.8 Å². The van der Waals surface area contributed by atoms with Crippen molar-refractivity contribution >= 4 is 5.91 Å². The van der Waals surface area contributed by atoms with E-state index in [1.165, 1.54) is 198 Å². The van der Waals surface area contributed by atoms with Crippen molar-refractivity contribution in [2.45, 2.75) is 300 Å². The lowest BCUT2D eigenvalue weighted by Crippen LogP contribution is -2.58. The molecule has 0 aromatic rings. The van der Waals surface area contributed by atoms with Crippen molar-refractivity contribution in [3.05, 3.63) is 12.2 Å². The van der Waals surface area contributed by atoms with Crippen molar-refractivity contribution in [3.63, 3.8) is 0 Å². The first-order valence-electron chi connectivity index (χ1n) is 25.9. The lowest BCUT2D eigenvalue weighted by Gasteiger charge is -2.39. The Kier molecular flexibility index (Phi) is 38.6. The van der Waals surface area contributed by atoms with Crippen LogP contribution in [0.1, 0.15) is 251 Å². The van der Waals surface area contributed by atoms with Gasteiger partial charge in [-0.1, -0.05) is 244 Å². The van der Waals surface area contributed by atoms with Gasteiger partial charge in [0, 0.05) is 6.42 Å². The second-order valence-corrected chi connectivity index (χ2v) is 18.5. The zero-order valence-corrected chi connectivity index (χ0v) is 39.1. The molecule has 0 bridgehead atoms. The Morgan fingerprint density at radius 3 is 1.23 bits per heavy atom. The number of hydrogen-bond donors (Lipinski definition) is 7. The van der Waals surface area contributed by atoms with Crippen molar-refractivity contribution in [1.82, 2.24) is 5.32 Å². The van der Waals surface area contributed by atoms with Crippen LogP contribution in [-0.2, 0) is 9.53 Å². The molecule has 9 nitrogen and oxygen atoms in total. The number of ether oxygens (including phenoxy) is 1. The highest BCUT2D eigenvalue weighted by Crippen LogP contribution is 2.23. The number of aliphatic hydroxyl groups excluding tert-OH is 6. The predicted octanol–water partition coefficient (Wildman–Crippen LogP) is 11.1. The Morgan fingerprint density at radius 2 is 0.867 bits per heavy atom. The van der Waals surface area contributed by atoms with E-state index in [1.54, 1.807) is 0 Å². The molecule has 60 heavy (non-hydrogen) atoms. The fourth-order valence-corrected chi connectivity index (χ4v) is 8.70. The summed E-state index contributed by atoms with van der Waals surface area (Å²) in [5.41, 5.74) is 0. The maximum Gasteiger partial charge on any atom is 0.220 e. The third-order valence-corrected chi connectivity index (χ3v) is 12.9. The summed E-state index contributed by atoms with van der Waals surface area (Å²) in [5.74, 6) is -0.224. The highest BCUT2D eigenvalue weighted by molar-refractivity contribution is 5.76. The molecule has 1 amide bonds. The predicted molar refractivity (Wildman–Crippen MR) is 249 cm³/mol. The fourth-order valence-electron chi connectivity index (χ4n) is 8.70. The molecule has 8 atom stereocenters. The summed E-state index contributed by atoms with van der Waals surface area (Å²) in [5, 5.41) is 65.5. The summed E-state index contributed by atoms with van der Waals surface area (Å²) in [6, 6.07) is -0.943. The molecule has 1 aliphatic rings. The van der Waals surface area contributed by atoms with Gasteiger partial charge < -0.3 is 40.7 Å². The SMILES string of the molecule is CCCCCCCCCCCCCCCCCCCCCCCCCC(=O)NC(/C=C\[C@H]1OC(CO)[C@H](O)C(O)C1O)C(O)C(O)CCCCCCCCCCCCCC. The number of carbonyl (C=O) groups excluding carboxylic acids is 1. The van der Waals surface area contributed by atoms with E-state index >= 15 is 0 Å². The van der Waals surface area contributed by atoms with Crippen molar-refractivity contribution < 1.29 is 40.2 Å². The van der Waals surface area contributed by atoms with Gasteiger partial charge in [-0.05, 0) is 12.8 Å². The standard InChI is InChI=1S/C51H99NO8/c1-3-5-7-9-11-13-15-17-18-19-20-21-22-23-24-25-26-27-29-31-33-35-37-39-47(55)52-43(40-41-45-49(57)51(59)50(58)46(42-53)60-45)48(56)44(54)38-36-34-32-30-28-16-14-12-10-8-6-4-2/h40-41,43-46,48-51,53-54,56-59H,3-39,42H2,1-2H3,(H,52,55)/b41-40-/t43?,44?,45-,46?,48?,49?,50+,51?/m1/s1. The molecule has 1 fully saturated rings. The minimum absolute atomic E-state index is 0.224. The average molecular weight is 854 g/mol. The summed E-state index contributed by atoms with van der Waals surface area (Å²) in [6.45, 7) is 3.98. The molecule has 1 saturated heterocycles. The highest BCUT2D eigenvalue weighted by Gasteiger charge is 2.42. The van der Waals surface area contributed by atoms with Gasteiger partial charge in [0.1, 0.15) is 36.6 Å². The van der Waals surface area contributed by atoms with Gasteiger partial charge in [-0.15, -0.1) is 0 Å². The van der Waals surface area contributed by atoms with E-state index in [4.69, 9.17) is 4.74 Å². The topological polar surface area (TPSA) is 160 Å². The number of nitrogens with one attached hydrogen (secondary N) is 1. The molecule has 6 unspecified atom stereocenters. The van der Waals surface area contributed by atoms with E-state index in [0.29, 0.717) is 12.8 Å². The zero-order valence-electron chi connectivity index (χ0n) is 39.1. The molecular weight excluding hydrogens is 755 g/mol. The first-order chi connectivity index (χ1) is 29.3. The quantitative estimate of drug-likeness (QED) is 0.0236. The number of unbranched alkanes of at least 4 members (excludes halogenated alkanes) is 33. The number of hydrogen-bond acceptors (Lipinski definition) is 8. The lowest BCUT2D eigenvalue weighted by atomic mass is 9.93. The van der Waals surface area contributed by atoms with E-state index in [9.17, 15) is 35.4 Å². The molecule has 0 aliphatic carbocycles. The van der Waals surface area contributed by atoms with Crippen LogP contribution in [0, 0.1) is 0 Å². The van der Waals surface area contributed by atoms with Crippen LogP contribution < -0.4 is 5.32 Å². The molecule has 0 spiro atoms. The number of amides is 1. The molecule has 7 N–H and O–H groups in total. The molecule has 356 valence electrons. The van der Waals surface area contributed by atoms with Crippen LogP contribution >= 0.6 is 0 Å². The summed E-state index contributed by atoms with van der Waals surface area (Å²) in [6.07, 6.45) is 39.3. The zero-order chi connectivity index (χ0) is 43.9. The maximum atomic E-state index is 13.1. The lowest BCUT2D eigenvalue weighted by molar-refractivity contribution is -0.216. The molecule has 9 heteroatoms. The van der Waals surface area contributed by atoms with Gasteiger partial charge >= 0.3 is 0 Å². The Bertz CT molecular complexity index is 965. The van der Waals surface area contributed by atoms with Gasteiger partial charge in [-0.25, -0.2) is 0 Å². The van der Waals surface area contributed by atoms with Crippen molar-refractivity contribution in [3.8, 4) is 0 Å². The first kappa shape index (κ1) is 56.9. The third-order valence-electron chi connectivity index (χ3n) is 12.9.